The van der Waals surface area contributed by atoms with E-state index in [4.69, 9.17) is 0 Å². The number of para-hydroxylation sites is 1. The Morgan fingerprint density at radius 2 is 1.89 bits per heavy atom. The summed E-state index contributed by atoms with van der Waals surface area (Å²) in [6, 6.07) is 12.7. The van der Waals surface area contributed by atoms with Crippen LogP contribution in [-0.4, -0.2) is 11.0 Å². The predicted molar refractivity (Wildman–Crippen MR) is 73.1 cm³/mol. The first kappa shape index (κ1) is 11.6. The van der Waals surface area contributed by atoms with Crippen molar-refractivity contribution in [2.24, 2.45) is 0 Å². The summed E-state index contributed by atoms with van der Waals surface area (Å²) in [6.45, 7) is 1.91. The number of aromatic hydroxyl groups is 1. The molecule has 1 aliphatic rings. The third-order valence-corrected chi connectivity index (χ3v) is 3.24. The number of amides is 1. The largest absolute Gasteiger partial charge is 0.508 e. The van der Waals surface area contributed by atoms with Gasteiger partial charge in [0.05, 0.1) is 5.56 Å². The van der Waals surface area contributed by atoms with Gasteiger partial charge in [-0.15, -0.1) is 0 Å². The van der Waals surface area contributed by atoms with E-state index in [9.17, 15) is 9.90 Å². The number of nitrogens with one attached hydrogen (secondary N) is 2. The van der Waals surface area contributed by atoms with Crippen molar-refractivity contribution in [1.82, 2.24) is 5.32 Å². The number of hydrogen-bond acceptors (Lipinski definition) is 3. The number of phenolic OH excluding ortho intramolecular Hbond substituents is 1. The fourth-order valence-electron chi connectivity index (χ4n) is 2.26. The zero-order valence-electron chi connectivity index (χ0n) is 10.5. The van der Waals surface area contributed by atoms with Crippen LogP contribution in [0.1, 0.15) is 27.7 Å². The van der Waals surface area contributed by atoms with Crippen molar-refractivity contribution in [1.29, 1.82) is 0 Å². The number of carbonyl (C=O) groups excluding carboxylic acids is 1. The van der Waals surface area contributed by atoms with Crippen molar-refractivity contribution < 1.29 is 9.90 Å². The van der Waals surface area contributed by atoms with Gasteiger partial charge in [0.2, 0.25) is 0 Å². The Hall–Kier alpha value is -2.49. The number of carbonyl (C=O) groups is 1. The molecule has 2 aromatic rings. The average Bonchev–Trinajstić information content (AvgIpc) is 2.38. The van der Waals surface area contributed by atoms with E-state index in [1.54, 1.807) is 12.1 Å². The predicted octanol–water partition coefficient (Wildman–Crippen LogP) is 2.55. The molecule has 4 nitrogen and oxygen atoms in total. The van der Waals surface area contributed by atoms with E-state index in [1.807, 2.05) is 37.3 Å². The van der Waals surface area contributed by atoms with E-state index in [-0.39, 0.29) is 11.7 Å². The molecule has 96 valence electrons. The number of phenols is 1. The molecule has 3 rings (SSSR count). The van der Waals surface area contributed by atoms with Crippen LogP contribution in [0.4, 0.5) is 5.69 Å². The Balaban J connectivity index is 1.99. The standard InChI is InChI=1S/C15H14N2O2/c1-9-6-7-11(13(18)8-9)14-16-12-5-3-2-4-10(12)15(19)17-14/h2-8,14,16,18H,1H3,(H,17,19). The van der Waals surface area contributed by atoms with Gasteiger partial charge in [0.1, 0.15) is 11.9 Å². The van der Waals surface area contributed by atoms with Gasteiger partial charge < -0.3 is 15.7 Å². The van der Waals surface area contributed by atoms with Crippen molar-refractivity contribution in [2.75, 3.05) is 5.32 Å². The SMILES string of the molecule is Cc1ccc(C2NC(=O)c3ccccc3N2)c(O)c1. The number of anilines is 1. The molecule has 0 saturated heterocycles. The maximum atomic E-state index is 12.0. The van der Waals surface area contributed by atoms with Crippen molar-refractivity contribution >= 4 is 11.6 Å². The Bertz CT molecular complexity index is 652. The Labute approximate surface area is 111 Å². The normalized spacial score (nSPS) is 17.3. The molecule has 1 atom stereocenters. The summed E-state index contributed by atoms with van der Waals surface area (Å²) < 4.78 is 0. The van der Waals surface area contributed by atoms with Crippen LogP contribution in [0, 0.1) is 6.92 Å². The fourth-order valence-corrected chi connectivity index (χ4v) is 2.26. The van der Waals surface area contributed by atoms with Crippen molar-refractivity contribution in [3.8, 4) is 5.75 Å². The number of benzene rings is 2. The second-order valence-corrected chi connectivity index (χ2v) is 4.66. The molecule has 19 heavy (non-hydrogen) atoms. The Morgan fingerprint density at radius 3 is 2.68 bits per heavy atom. The number of hydrogen-bond donors (Lipinski definition) is 3. The van der Waals surface area contributed by atoms with Crippen LogP contribution in [0.2, 0.25) is 0 Å². The molecule has 1 heterocycles. The van der Waals surface area contributed by atoms with E-state index in [2.05, 4.69) is 10.6 Å². The van der Waals surface area contributed by atoms with Gasteiger partial charge in [0, 0.05) is 11.3 Å². The van der Waals surface area contributed by atoms with Gasteiger partial charge in [0.15, 0.2) is 0 Å². The van der Waals surface area contributed by atoms with E-state index in [0.29, 0.717) is 11.1 Å². The van der Waals surface area contributed by atoms with Gasteiger partial charge in [-0.3, -0.25) is 4.79 Å². The highest BCUT2D eigenvalue weighted by molar-refractivity contribution is 6.01. The van der Waals surface area contributed by atoms with Gasteiger partial charge in [-0.25, -0.2) is 0 Å². The molecule has 0 radical (unpaired) electrons. The molecule has 2 aromatic carbocycles. The van der Waals surface area contributed by atoms with Crippen LogP contribution in [0.25, 0.3) is 0 Å². The zero-order chi connectivity index (χ0) is 13.4. The zero-order valence-corrected chi connectivity index (χ0v) is 10.5. The van der Waals surface area contributed by atoms with E-state index in [0.717, 1.165) is 11.3 Å². The highest BCUT2D eigenvalue weighted by Crippen LogP contribution is 2.30. The van der Waals surface area contributed by atoms with Gasteiger partial charge in [-0.2, -0.15) is 0 Å². The molecule has 0 aromatic heterocycles. The fraction of sp³-hybridized carbons (Fsp3) is 0.133. The molecule has 4 heteroatoms. The van der Waals surface area contributed by atoms with Gasteiger partial charge >= 0.3 is 0 Å². The Morgan fingerprint density at radius 1 is 1.11 bits per heavy atom. The molecular weight excluding hydrogens is 240 g/mol. The monoisotopic (exact) mass is 254 g/mol. The molecule has 1 unspecified atom stereocenters. The summed E-state index contributed by atoms with van der Waals surface area (Å²) in [7, 11) is 0. The molecule has 0 spiro atoms. The minimum absolute atomic E-state index is 0.140. The van der Waals surface area contributed by atoms with Crippen LogP contribution >= 0.6 is 0 Å². The third-order valence-electron chi connectivity index (χ3n) is 3.24. The second-order valence-electron chi connectivity index (χ2n) is 4.66. The van der Waals surface area contributed by atoms with Crippen molar-refractivity contribution in [3.05, 3.63) is 59.2 Å². The summed E-state index contributed by atoms with van der Waals surface area (Å²) in [4.78, 5) is 12.0. The molecule has 0 bridgehead atoms. The second kappa shape index (κ2) is 4.31. The third kappa shape index (κ3) is 2.01. The average molecular weight is 254 g/mol. The van der Waals surface area contributed by atoms with Crippen LogP contribution in [0.3, 0.4) is 0 Å². The smallest absolute Gasteiger partial charge is 0.255 e. The summed E-state index contributed by atoms with van der Waals surface area (Å²) in [5, 5.41) is 16.0. The molecule has 1 aliphatic heterocycles. The lowest BCUT2D eigenvalue weighted by Crippen LogP contribution is -2.38. The highest BCUT2D eigenvalue weighted by atomic mass is 16.3. The number of aryl methyl sites for hydroxylation is 1. The summed E-state index contributed by atoms with van der Waals surface area (Å²) in [6.07, 6.45) is -0.414. The molecular formula is C15H14N2O2. The van der Waals surface area contributed by atoms with Crippen LogP contribution in [0.15, 0.2) is 42.5 Å². The number of fused-ring (bicyclic) bond motifs is 1. The quantitative estimate of drug-likeness (QED) is 0.733. The van der Waals surface area contributed by atoms with Crippen LogP contribution in [0.5, 0.6) is 5.75 Å². The molecule has 3 N–H and O–H groups in total. The van der Waals surface area contributed by atoms with Crippen LogP contribution < -0.4 is 10.6 Å². The Kier molecular flexibility index (Phi) is 2.63. The summed E-state index contributed by atoms with van der Waals surface area (Å²) >= 11 is 0. The molecule has 0 saturated carbocycles. The van der Waals surface area contributed by atoms with Gasteiger partial charge in [-0.1, -0.05) is 24.3 Å². The number of rotatable bonds is 1. The maximum absolute atomic E-state index is 12.0. The first-order valence-corrected chi connectivity index (χ1v) is 6.11. The molecule has 0 aliphatic carbocycles. The maximum Gasteiger partial charge on any atom is 0.255 e. The first-order valence-electron chi connectivity index (χ1n) is 6.11. The van der Waals surface area contributed by atoms with E-state index >= 15 is 0 Å². The lowest BCUT2D eigenvalue weighted by molar-refractivity contribution is 0.0935. The lowest BCUT2D eigenvalue weighted by atomic mass is 10.0. The molecule has 1 amide bonds. The summed E-state index contributed by atoms with van der Waals surface area (Å²) in [5.74, 6) is 0.0384. The lowest BCUT2D eigenvalue weighted by Gasteiger charge is -2.28. The van der Waals surface area contributed by atoms with Gasteiger partial charge in [-0.05, 0) is 30.7 Å². The topological polar surface area (TPSA) is 61.4 Å². The highest BCUT2D eigenvalue weighted by Gasteiger charge is 2.25. The van der Waals surface area contributed by atoms with Gasteiger partial charge in [0.25, 0.3) is 5.91 Å². The molecule has 0 fully saturated rings. The minimum Gasteiger partial charge on any atom is -0.508 e. The minimum atomic E-state index is -0.414. The first-order chi connectivity index (χ1) is 9.15. The van der Waals surface area contributed by atoms with Crippen molar-refractivity contribution in [3.63, 3.8) is 0 Å². The van der Waals surface area contributed by atoms with E-state index in [1.165, 1.54) is 0 Å². The van der Waals surface area contributed by atoms with Crippen molar-refractivity contribution in [2.45, 2.75) is 13.1 Å². The van der Waals surface area contributed by atoms with E-state index < -0.39 is 6.17 Å². The van der Waals surface area contributed by atoms with Crippen LogP contribution in [-0.2, 0) is 0 Å². The summed E-state index contributed by atoms with van der Waals surface area (Å²) in [5.41, 5.74) is 3.03.